The van der Waals surface area contributed by atoms with Crippen LogP contribution in [-0.2, 0) is 16.4 Å². The van der Waals surface area contributed by atoms with Crippen molar-refractivity contribution in [1.82, 2.24) is 9.97 Å². The number of nitrogens with one attached hydrogen (secondary N) is 3. The van der Waals surface area contributed by atoms with Crippen LogP contribution in [0.4, 0.5) is 28.8 Å². The second-order valence-electron chi connectivity index (χ2n) is 6.37. The van der Waals surface area contributed by atoms with E-state index in [1.165, 1.54) is 18.7 Å². The molecule has 0 amide bonds. The highest BCUT2D eigenvalue weighted by Gasteiger charge is 2.20. The van der Waals surface area contributed by atoms with Crippen LogP contribution in [0.3, 0.4) is 0 Å². The fourth-order valence-corrected chi connectivity index (χ4v) is 3.88. The standard InChI is InChI=1S/C20H24N6O3S/c1-4-13-8-9-14(12-16(13)22-2)24-20-23-11-10-18(26-20)25-15-6-5-7-17(29-3)19(15)30(21,27)28/h5-12,22H,4H2,1-3H3,(H2,21,27,28)(H2,23,24,25,26). The molecule has 5 N–H and O–H groups in total. The maximum absolute atomic E-state index is 12.1. The number of anilines is 5. The summed E-state index contributed by atoms with van der Waals surface area (Å²) in [6.07, 6.45) is 2.48. The predicted octanol–water partition coefficient (Wildman–Crippen LogP) is 3.22. The SMILES string of the molecule is CCc1ccc(Nc2nccc(Nc3cccc(OC)c3S(N)(=O)=O)n2)cc1NC. The van der Waals surface area contributed by atoms with Crippen molar-refractivity contribution in [1.29, 1.82) is 0 Å². The number of nitrogens with zero attached hydrogens (tertiary/aromatic N) is 2. The summed E-state index contributed by atoms with van der Waals surface area (Å²) < 4.78 is 29.2. The molecule has 0 atom stereocenters. The van der Waals surface area contributed by atoms with E-state index in [0.29, 0.717) is 11.8 Å². The Balaban J connectivity index is 1.89. The summed E-state index contributed by atoms with van der Waals surface area (Å²) in [5, 5.41) is 14.7. The quantitative estimate of drug-likeness (QED) is 0.430. The molecular weight excluding hydrogens is 404 g/mol. The molecule has 0 bridgehead atoms. The Hall–Kier alpha value is -3.37. The van der Waals surface area contributed by atoms with Gasteiger partial charge in [-0.25, -0.2) is 18.5 Å². The number of methoxy groups -OCH3 is 1. The van der Waals surface area contributed by atoms with Gasteiger partial charge < -0.3 is 20.7 Å². The summed E-state index contributed by atoms with van der Waals surface area (Å²) in [5.74, 6) is 0.890. The Kier molecular flexibility index (Phi) is 6.38. The number of nitrogens with two attached hydrogens (primary N) is 1. The highest BCUT2D eigenvalue weighted by Crippen LogP contribution is 2.32. The molecular formula is C20H24N6O3S. The first-order valence-corrected chi connectivity index (χ1v) is 10.8. The van der Waals surface area contributed by atoms with E-state index in [0.717, 1.165) is 17.8 Å². The van der Waals surface area contributed by atoms with Gasteiger partial charge in [-0.15, -0.1) is 0 Å². The molecule has 9 nitrogen and oxygen atoms in total. The van der Waals surface area contributed by atoms with Gasteiger partial charge in [0.05, 0.1) is 12.8 Å². The predicted molar refractivity (Wildman–Crippen MR) is 118 cm³/mol. The van der Waals surface area contributed by atoms with Crippen LogP contribution in [-0.4, -0.2) is 32.5 Å². The van der Waals surface area contributed by atoms with Crippen LogP contribution in [0.2, 0.25) is 0 Å². The molecule has 158 valence electrons. The van der Waals surface area contributed by atoms with Crippen molar-refractivity contribution in [3.8, 4) is 5.75 Å². The van der Waals surface area contributed by atoms with Gasteiger partial charge in [-0.1, -0.05) is 19.1 Å². The van der Waals surface area contributed by atoms with E-state index in [1.807, 2.05) is 25.2 Å². The average molecular weight is 429 g/mol. The van der Waals surface area contributed by atoms with Gasteiger partial charge in [0.2, 0.25) is 16.0 Å². The van der Waals surface area contributed by atoms with Crippen LogP contribution in [0, 0.1) is 0 Å². The Morgan fingerprint density at radius 3 is 2.57 bits per heavy atom. The van der Waals surface area contributed by atoms with E-state index in [1.54, 1.807) is 24.4 Å². The average Bonchev–Trinajstić information content (AvgIpc) is 2.73. The summed E-state index contributed by atoms with van der Waals surface area (Å²) in [7, 11) is -0.773. The van der Waals surface area contributed by atoms with E-state index in [4.69, 9.17) is 9.88 Å². The lowest BCUT2D eigenvalue weighted by molar-refractivity contribution is 0.403. The van der Waals surface area contributed by atoms with Gasteiger partial charge >= 0.3 is 0 Å². The number of aryl methyl sites for hydroxylation is 1. The zero-order valence-electron chi connectivity index (χ0n) is 16.9. The molecule has 0 spiro atoms. The van der Waals surface area contributed by atoms with Crippen LogP contribution in [0.5, 0.6) is 5.75 Å². The number of benzene rings is 2. The minimum Gasteiger partial charge on any atom is -0.495 e. The van der Waals surface area contributed by atoms with Crippen molar-refractivity contribution in [3.63, 3.8) is 0 Å². The second kappa shape index (κ2) is 8.97. The van der Waals surface area contributed by atoms with Gasteiger partial charge in [-0.3, -0.25) is 0 Å². The van der Waals surface area contributed by atoms with Crippen LogP contribution < -0.4 is 25.8 Å². The molecule has 0 aliphatic heterocycles. The molecule has 10 heteroatoms. The van der Waals surface area contributed by atoms with Crippen molar-refractivity contribution < 1.29 is 13.2 Å². The summed E-state index contributed by atoms with van der Waals surface area (Å²) in [4.78, 5) is 8.49. The molecule has 0 saturated heterocycles. The largest absolute Gasteiger partial charge is 0.495 e. The van der Waals surface area contributed by atoms with Gasteiger partial charge in [-0.05, 0) is 42.3 Å². The monoisotopic (exact) mass is 428 g/mol. The summed E-state index contributed by atoms with van der Waals surface area (Å²) >= 11 is 0. The molecule has 0 fully saturated rings. The fraction of sp³-hybridized carbons (Fsp3) is 0.200. The van der Waals surface area contributed by atoms with E-state index < -0.39 is 10.0 Å². The zero-order chi connectivity index (χ0) is 21.7. The molecule has 0 aliphatic carbocycles. The minimum absolute atomic E-state index is 0.144. The number of ether oxygens (including phenoxy) is 1. The zero-order valence-corrected chi connectivity index (χ0v) is 17.7. The van der Waals surface area contributed by atoms with E-state index in [9.17, 15) is 8.42 Å². The van der Waals surface area contributed by atoms with Crippen molar-refractivity contribution in [2.24, 2.45) is 5.14 Å². The Morgan fingerprint density at radius 2 is 1.90 bits per heavy atom. The normalized spacial score (nSPS) is 11.1. The maximum atomic E-state index is 12.1. The van der Waals surface area contributed by atoms with Crippen LogP contribution in [0.1, 0.15) is 12.5 Å². The molecule has 0 saturated carbocycles. The molecule has 0 aliphatic rings. The smallest absolute Gasteiger partial charge is 0.243 e. The topological polar surface area (TPSA) is 131 Å². The van der Waals surface area contributed by atoms with Crippen molar-refractivity contribution in [2.75, 3.05) is 30.1 Å². The van der Waals surface area contributed by atoms with Gasteiger partial charge in [0.1, 0.15) is 16.5 Å². The molecule has 1 heterocycles. The number of hydrogen-bond donors (Lipinski definition) is 4. The summed E-state index contributed by atoms with van der Waals surface area (Å²) in [6, 6.07) is 12.3. The lowest BCUT2D eigenvalue weighted by atomic mass is 10.1. The van der Waals surface area contributed by atoms with E-state index >= 15 is 0 Å². The van der Waals surface area contributed by atoms with Crippen LogP contribution in [0.15, 0.2) is 53.6 Å². The summed E-state index contributed by atoms with van der Waals surface area (Å²) in [6.45, 7) is 2.09. The number of hydrogen-bond acceptors (Lipinski definition) is 8. The first-order valence-electron chi connectivity index (χ1n) is 9.23. The number of aromatic nitrogens is 2. The minimum atomic E-state index is -4.02. The first kappa shape index (κ1) is 21.3. The van der Waals surface area contributed by atoms with Crippen LogP contribution >= 0.6 is 0 Å². The van der Waals surface area contributed by atoms with Gasteiger partial charge in [0, 0.05) is 24.6 Å². The third-order valence-electron chi connectivity index (χ3n) is 4.42. The third-order valence-corrected chi connectivity index (χ3v) is 5.41. The van der Waals surface area contributed by atoms with Gasteiger partial charge in [0.25, 0.3) is 0 Å². The Bertz CT molecular complexity index is 1150. The molecule has 3 rings (SSSR count). The van der Waals surface area contributed by atoms with E-state index in [2.05, 4.69) is 32.8 Å². The van der Waals surface area contributed by atoms with Gasteiger partial charge in [0.15, 0.2) is 0 Å². The van der Waals surface area contributed by atoms with Crippen LogP contribution in [0.25, 0.3) is 0 Å². The third kappa shape index (κ3) is 4.78. The molecule has 1 aromatic heterocycles. The number of rotatable bonds is 8. The highest BCUT2D eigenvalue weighted by molar-refractivity contribution is 7.89. The fourth-order valence-electron chi connectivity index (χ4n) is 3.02. The maximum Gasteiger partial charge on any atom is 0.243 e. The van der Waals surface area contributed by atoms with Gasteiger partial charge in [-0.2, -0.15) is 4.98 Å². The molecule has 3 aromatic rings. The molecule has 0 unspecified atom stereocenters. The first-order chi connectivity index (χ1) is 14.4. The van der Waals surface area contributed by atoms with Crippen molar-refractivity contribution in [3.05, 3.63) is 54.2 Å². The molecule has 0 radical (unpaired) electrons. The lowest BCUT2D eigenvalue weighted by Crippen LogP contribution is -2.15. The Labute approximate surface area is 175 Å². The number of sulfonamides is 1. The van der Waals surface area contributed by atoms with Crippen molar-refractivity contribution in [2.45, 2.75) is 18.2 Å². The number of primary sulfonamides is 1. The lowest BCUT2D eigenvalue weighted by Gasteiger charge is -2.14. The second-order valence-corrected chi connectivity index (χ2v) is 7.87. The summed E-state index contributed by atoms with van der Waals surface area (Å²) in [5.41, 5.74) is 3.30. The van der Waals surface area contributed by atoms with Crippen molar-refractivity contribution >= 4 is 38.9 Å². The van der Waals surface area contributed by atoms with E-state index in [-0.39, 0.29) is 16.3 Å². The molecule has 2 aromatic carbocycles. The Morgan fingerprint density at radius 1 is 1.10 bits per heavy atom. The highest BCUT2D eigenvalue weighted by atomic mass is 32.2. The molecule has 30 heavy (non-hydrogen) atoms.